The Morgan fingerprint density at radius 2 is 1.86 bits per heavy atom. The van der Waals surface area contributed by atoms with Gasteiger partial charge in [-0.15, -0.1) is 0 Å². The summed E-state index contributed by atoms with van der Waals surface area (Å²) in [5.41, 5.74) is 2.38. The van der Waals surface area contributed by atoms with Gasteiger partial charge in [0.15, 0.2) is 0 Å². The van der Waals surface area contributed by atoms with Crippen LogP contribution in [0.2, 0.25) is 0 Å². The maximum atomic E-state index is 10.5. The van der Waals surface area contributed by atoms with E-state index in [0.717, 1.165) is 35.0 Å². The standard InChI is InChI=1S/C18H19BrO2/c19-15-7-9-16(10-8-15)21-12-11-14-6-5-13-3-1-2-4-17(13)18(14)20/h1-4,7-10,14,18,20H,5-6,11-12H2. The zero-order chi connectivity index (χ0) is 14.7. The van der Waals surface area contributed by atoms with Gasteiger partial charge in [-0.1, -0.05) is 40.2 Å². The van der Waals surface area contributed by atoms with E-state index in [4.69, 9.17) is 4.74 Å². The van der Waals surface area contributed by atoms with E-state index in [-0.39, 0.29) is 12.0 Å². The van der Waals surface area contributed by atoms with Crippen LogP contribution in [0.25, 0.3) is 0 Å². The molecule has 0 spiro atoms. The number of aryl methyl sites for hydroxylation is 1. The van der Waals surface area contributed by atoms with Crippen molar-refractivity contribution in [1.29, 1.82) is 0 Å². The molecule has 3 heteroatoms. The molecule has 0 fully saturated rings. The van der Waals surface area contributed by atoms with E-state index in [1.807, 2.05) is 42.5 Å². The van der Waals surface area contributed by atoms with E-state index in [1.165, 1.54) is 5.56 Å². The van der Waals surface area contributed by atoms with E-state index < -0.39 is 0 Å². The van der Waals surface area contributed by atoms with Gasteiger partial charge in [-0.05, 0) is 60.6 Å². The van der Waals surface area contributed by atoms with Crippen LogP contribution >= 0.6 is 15.9 Å². The van der Waals surface area contributed by atoms with Crippen LogP contribution in [0.3, 0.4) is 0 Å². The fourth-order valence-corrected chi connectivity index (χ4v) is 3.23. The number of aliphatic hydroxyl groups is 1. The summed E-state index contributed by atoms with van der Waals surface area (Å²) in [6, 6.07) is 16.1. The van der Waals surface area contributed by atoms with Crippen molar-refractivity contribution < 1.29 is 9.84 Å². The Morgan fingerprint density at radius 1 is 1.10 bits per heavy atom. The molecule has 0 saturated carbocycles. The zero-order valence-electron chi connectivity index (χ0n) is 11.8. The smallest absolute Gasteiger partial charge is 0.119 e. The average Bonchev–Trinajstić information content (AvgIpc) is 2.52. The zero-order valence-corrected chi connectivity index (χ0v) is 13.4. The molecule has 2 nitrogen and oxygen atoms in total. The highest BCUT2D eigenvalue weighted by Crippen LogP contribution is 2.36. The molecule has 1 aliphatic carbocycles. The van der Waals surface area contributed by atoms with Crippen molar-refractivity contribution in [3.8, 4) is 5.75 Å². The van der Waals surface area contributed by atoms with Crippen LogP contribution in [0.4, 0.5) is 0 Å². The van der Waals surface area contributed by atoms with Crippen molar-refractivity contribution in [3.63, 3.8) is 0 Å². The molecule has 0 aromatic heterocycles. The first-order chi connectivity index (χ1) is 10.2. The summed E-state index contributed by atoms with van der Waals surface area (Å²) in [4.78, 5) is 0. The lowest BCUT2D eigenvalue weighted by Gasteiger charge is -2.30. The molecular formula is C18H19BrO2. The quantitative estimate of drug-likeness (QED) is 0.882. The monoisotopic (exact) mass is 346 g/mol. The number of hydrogen-bond donors (Lipinski definition) is 1. The topological polar surface area (TPSA) is 29.5 Å². The third-order valence-corrected chi connectivity index (χ3v) is 4.70. The molecule has 0 bridgehead atoms. The second-order valence-electron chi connectivity index (χ2n) is 5.53. The van der Waals surface area contributed by atoms with Gasteiger partial charge >= 0.3 is 0 Å². The molecule has 2 aromatic carbocycles. The van der Waals surface area contributed by atoms with Gasteiger partial charge in [0.1, 0.15) is 5.75 Å². The molecule has 1 N–H and O–H groups in total. The molecule has 0 heterocycles. The van der Waals surface area contributed by atoms with Gasteiger partial charge in [0.05, 0.1) is 12.7 Å². The van der Waals surface area contributed by atoms with Crippen molar-refractivity contribution in [2.24, 2.45) is 5.92 Å². The normalized spacial score (nSPS) is 20.9. The largest absolute Gasteiger partial charge is 0.494 e. The summed E-state index contributed by atoms with van der Waals surface area (Å²) in [5, 5.41) is 10.5. The van der Waals surface area contributed by atoms with Gasteiger partial charge in [0.2, 0.25) is 0 Å². The summed E-state index contributed by atoms with van der Waals surface area (Å²) in [6.45, 7) is 0.644. The van der Waals surface area contributed by atoms with Crippen LogP contribution in [0.15, 0.2) is 53.0 Å². The summed E-state index contributed by atoms with van der Waals surface area (Å²) >= 11 is 3.41. The highest BCUT2D eigenvalue weighted by atomic mass is 79.9. The SMILES string of the molecule is OC1c2ccccc2CCC1CCOc1ccc(Br)cc1. The second kappa shape index (κ2) is 6.63. The summed E-state index contributed by atoms with van der Waals surface area (Å²) in [7, 11) is 0. The minimum Gasteiger partial charge on any atom is -0.494 e. The van der Waals surface area contributed by atoms with Crippen molar-refractivity contribution in [2.75, 3.05) is 6.61 Å². The van der Waals surface area contributed by atoms with Crippen molar-refractivity contribution in [2.45, 2.75) is 25.4 Å². The molecule has 3 rings (SSSR count). The van der Waals surface area contributed by atoms with Crippen LogP contribution in [-0.4, -0.2) is 11.7 Å². The lowest BCUT2D eigenvalue weighted by atomic mass is 9.80. The summed E-state index contributed by atoms with van der Waals surface area (Å²) < 4.78 is 6.82. The van der Waals surface area contributed by atoms with Gasteiger partial charge in [0.25, 0.3) is 0 Å². The molecule has 2 unspecified atom stereocenters. The van der Waals surface area contributed by atoms with Gasteiger partial charge in [-0.25, -0.2) is 0 Å². The Labute approximate surface area is 133 Å². The molecule has 0 amide bonds. The van der Waals surface area contributed by atoms with E-state index in [2.05, 4.69) is 22.0 Å². The van der Waals surface area contributed by atoms with Crippen LogP contribution in [0.1, 0.15) is 30.1 Å². The third kappa shape index (κ3) is 3.47. The molecule has 110 valence electrons. The van der Waals surface area contributed by atoms with Gasteiger partial charge < -0.3 is 9.84 Å². The fraction of sp³-hybridized carbons (Fsp3) is 0.333. The lowest BCUT2D eigenvalue weighted by molar-refractivity contribution is 0.0787. The predicted octanol–water partition coefficient (Wildman–Crippen LogP) is 4.51. The molecule has 1 aliphatic rings. The number of aliphatic hydroxyl groups excluding tert-OH is 1. The number of benzene rings is 2. The van der Waals surface area contributed by atoms with Crippen LogP contribution in [0.5, 0.6) is 5.75 Å². The van der Waals surface area contributed by atoms with Crippen molar-refractivity contribution in [3.05, 3.63) is 64.1 Å². The first-order valence-corrected chi connectivity index (χ1v) is 8.17. The minimum absolute atomic E-state index is 0.287. The molecule has 0 radical (unpaired) electrons. The molecular weight excluding hydrogens is 328 g/mol. The van der Waals surface area contributed by atoms with Crippen LogP contribution in [-0.2, 0) is 6.42 Å². The minimum atomic E-state index is -0.358. The fourth-order valence-electron chi connectivity index (χ4n) is 2.96. The van der Waals surface area contributed by atoms with E-state index >= 15 is 0 Å². The number of hydrogen-bond acceptors (Lipinski definition) is 2. The second-order valence-corrected chi connectivity index (χ2v) is 6.45. The van der Waals surface area contributed by atoms with Gasteiger partial charge in [-0.3, -0.25) is 0 Å². The van der Waals surface area contributed by atoms with E-state index in [0.29, 0.717) is 6.61 Å². The highest BCUT2D eigenvalue weighted by Gasteiger charge is 2.27. The maximum Gasteiger partial charge on any atom is 0.119 e. The third-order valence-electron chi connectivity index (χ3n) is 4.18. The Kier molecular flexibility index (Phi) is 4.61. The van der Waals surface area contributed by atoms with Crippen molar-refractivity contribution >= 4 is 15.9 Å². The predicted molar refractivity (Wildman–Crippen MR) is 87.5 cm³/mol. The number of ether oxygens (including phenoxy) is 1. The number of fused-ring (bicyclic) bond motifs is 1. The lowest BCUT2D eigenvalue weighted by Crippen LogP contribution is -2.22. The molecule has 21 heavy (non-hydrogen) atoms. The van der Waals surface area contributed by atoms with E-state index in [9.17, 15) is 5.11 Å². The molecule has 0 saturated heterocycles. The van der Waals surface area contributed by atoms with E-state index in [1.54, 1.807) is 0 Å². The van der Waals surface area contributed by atoms with Crippen LogP contribution in [0, 0.1) is 5.92 Å². The van der Waals surface area contributed by atoms with Crippen LogP contribution < -0.4 is 4.74 Å². The Balaban J connectivity index is 1.56. The first-order valence-electron chi connectivity index (χ1n) is 7.38. The maximum absolute atomic E-state index is 10.5. The van der Waals surface area contributed by atoms with Gasteiger partial charge in [-0.2, -0.15) is 0 Å². The number of rotatable bonds is 4. The Morgan fingerprint density at radius 3 is 2.67 bits per heavy atom. The number of halogens is 1. The molecule has 2 aromatic rings. The average molecular weight is 347 g/mol. The Hall–Kier alpha value is -1.32. The van der Waals surface area contributed by atoms with Gasteiger partial charge in [0, 0.05) is 4.47 Å². The highest BCUT2D eigenvalue weighted by molar-refractivity contribution is 9.10. The molecule has 0 aliphatic heterocycles. The van der Waals surface area contributed by atoms with Crippen molar-refractivity contribution in [1.82, 2.24) is 0 Å². The first kappa shape index (κ1) is 14.6. The molecule has 2 atom stereocenters. The Bertz CT molecular complexity index is 594. The summed E-state index contributed by atoms with van der Waals surface area (Å²) in [5.74, 6) is 1.17. The summed E-state index contributed by atoms with van der Waals surface area (Å²) in [6.07, 6.45) is 2.60.